The van der Waals surface area contributed by atoms with E-state index in [0.717, 1.165) is 33.4 Å². The van der Waals surface area contributed by atoms with Crippen LogP contribution < -0.4 is 15.4 Å². The fourth-order valence-corrected chi connectivity index (χ4v) is 11.3. The minimum Gasteiger partial charge on any atom is -0.497 e. The Morgan fingerprint density at radius 2 is 1.36 bits per heavy atom. The topological polar surface area (TPSA) is 167 Å². The van der Waals surface area contributed by atoms with Crippen LogP contribution in [-0.4, -0.2) is 87.8 Å². The standard InChI is InChI=1S/C58H50ClN5O9S3/c1-69-45-29-27-38(28-30-45)34-71-56(74)51-41(31-32-70-47(65)33-59)36-75-55-50(54(68)64(51)55)61-53(67)49(63-72-35-48(66)73-52(39-17-7-2-8-18-39)40-19-9-3-10-20-40)46-37-76-57(60-46)62-58(42-21-11-4-12-22-42,43-23-13-5-14-24-43)44-25-15-6-16-26-44/h2-30,37,50,52,55H,31-36H2,1H3,(H,60,62)(H,61,67)/b63-49+/t50-,55-/m1/s1. The van der Waals surface area contributed by atoms with Gasteiger partial charge in [-0.3, -0.25) is 19.3 Å². The molecule has 1 saturated heterocycles. The lowest BCUT2D eigenvalue weighted by atomic mass is 9.77. The number of thiazole rings is 1. The number of alkyl halides is 1. The smallest absolute Gasteiger partial charge is 0.347 e. The Morgan fingerprint density at radius 3 is 1.91 bits per heavy atom. The predicted molar refractivity (Wildman–Crippen MR) is 297 cm³/mol. The number of aromatic nitrogens is 1. The molecule has 1 fully saturated rings. The molecule has 386 valence electrons. The lowest BCUT2D eigenvalue weighted by Gasteiger charge is -2.50. The van der Waals surface area contributed by atoms with Gasteiger partial charge in [-0.15, -0.1) is 34.7 Å². The summed E-state index contributed by atoms with van der Waals surface area (Å²) in [5.41, 5.74) is 5.01. The van der Waals surface area contributed by atoms with Gasteiger partial charge in [0, 0.05) is 17.6 Å². The third kappa shape index (κ3) is 12.1. The highest BCUT2D eigenvalue weighted by Crippen LogP contribution is 2.43. The van der Waals surface area contributed by atoms with Gasteiger partial charge in [-0.05, 0) is 63.3 Å². The second kappa shape index (κ2) is 25.1. The summed E-state index contributed by atoms with van der Waals surface area (Å²) in [5, 5.41) is 12.4. The number of carbonyl (C=O) groups excluding carboxylic acids is 4. The first-order valence-corrected chi connectivity index (χ1v) is 26.9. The molecule has 0 radical (unpaired) electrons. The summed E-state index contributed by atoms with van der Waals surface area (Å²) in [4.78, 5) is 66.9. The monoisotopic (exact) mass is 1090 g/mol. The minimum absolute atomic E-state index is 0.000905. The maximum atomic E-state index is 14.8. The number of fused-ring (bicyclic) bond motifs is 1. The first-order chi connectivity index (χ1) is 37.2. The molecule has 2 amide bonds. The molecule has 2 N–H and O–H groups in total. The summed E-state index contributed by atoms with van der Waals surface area (Å²) < 4.78 is 22.7. The molecule has 18 heteroatoms. The molecule has 2 aliphatic rings. The van der Waals surface area contributed by atoms with Gasteiger partial charge in [0.15, 0.2) is 16.9 Å². The third-order valence-electron chi connectivity index (χ3n) is 12.5. The van der Waals surface area contributed by atoms with E-state index in [2.05, 4.69) is 15.8 Å². The Kier molecular flexibility index (Phi) is 17.5. The fourth-order valence-electron chi connectivity index (χ4n) is 8.82. The van der Waals surface area contributed by atoms with Crippen molar-refractivity contribution in [2.75, 3.05) is 37.3 Å². The van der Waals surface area contributed by atoms with E-state index in [4.69, 9.17) is 52.6 Å². The quantitative estimate of drug-likeness (QED) is 0.0125. The molecule has 0 spiro atoms. The first kappa shape index (κ1) is 53.0. The van der Waals surface area contributed by atoms with Gasteiger partial charge in [-0.25, -0.2) is 9.78 Å². The number of oxime groups is 1. The number of esters is 2. The number of nitrogens with zero attached hydrogens (tertiary/aromatic N) is 3. The van der Waals surface area contributed by atoms with E-state index >= 15 is 0 Å². The number of hydrogen-bond acceptors (Lipinski definition) is 15. The highest BCUT2D eigenvalue weighted by atomic mass is 35.5. The van der Waals surface area contributed by atoms with E-state index in [1.807, 2.05) is 164 Å². The van der Waals surface area contributed by atoms with Gasteiger partial charge in [0.25, 0.3) is 11.8 Å². The summed E-state index contributed by atoms with van der Waals surface area (Å²) in [7, 11) is 1.58. The van der Waals surface area contributed by atoms with Crippen LogP contribution in [-0.2, 0) is 50.4 Å². The number of rotatable bonds is 22. The highest BCUT2D eigenvalue weighted by Gasteiger charge is 2.54. The van der Waals surface area contributed by atoms with E-state index in [9.17, 15) is 19.2 Å². The van der Waals surface area contributed by atoms with Gasteiger partial charge in [-0.1, -0.05) is 169 Å². The Balaban J connectivity index is 1.00. The Hall–Kier alpha value is -7.83. The molecule has 14 nitrogen and oxygen atoms in total. The van der Waals surface area contributed by atoms with Crippen LogP contribution in [0.4, 0.5) is 5.13 Å². The largest absolute Gasteiger partial charge is 0.497 e. The number of amides is 2. The average Bonchev–Trinajstić information content (AvgIpc) is 3.94. The van der Waals surface area contributed by atoms with E-state index in [0.29, 0.717) is 27.9 Å². The van der Waals surface area contributed by atoms with Crippen molar-refractivity contribution < 1.29 is 43.0 Å². The second-order valence-electron chi connectivity index (χ2n) is 17.3. The van der Waals surface area contributed by atoms with Gasteiger partial charge < -0.3 is 34.4 Å². The Morgan fingerprint density at radius 1 is 0.789 bits per heavy atom. The summed E-state index contributed by atoms with van der Waals surface area (Å²) in [6, 6.07) is 54.8. The third-order valence-corrected chi connectivity index (χ3v) is 15.1. The van der Waals surface area contributed by atoms with Crippen LogP contribution in [0.5, 0.6) is 5.75 Å². The van der Waals surface area contributed by atoms with E-state index in [1.54, 1.807) is 24.6 Å². The van der Waals surface area contributed by atoms with Crippen LogP contribution in [0.3, 0.4) is 0 Å². The number of halogens is 1. The number of carbonyl (C=O) groups is 4. The number of β-lactam (4-membered cyclic amide) rings is 1. The molecular formula is C58H50ClN5O9S3. The molecule has 9 rings (SSSR count). The number of ether oxygens (including phenoxy) is 4. The van der Waals surface area contributed by atoms with Gasteiger partial charge in [-0.2, -0.15) is 0 Å². The Bertz CT molecular complexity index is 3070. The SMILES string of the molecule is COc1ccc(COC(=S)C2=C(CCOC(=O)CCl)CS[C@@H]3[C@H](NC(=O)/C(=N/OCC(=O)OC(c4ccccc4)c4ccccc4)c4csc(NC(c5ccccc5)(c5ccccc5)c5ccccc5)n4)C(=O)N23)cc1. The van der Waals surface area contributed by atoms with Crippen molar-refractivity contribution in [3.63, 3.8) is 0 Å². The number of thioether (sulfide) groups is 1. The zero-order chi connectivity index (χ0) is 52.9. The van der Waals surface area contributed by atoms with Crippen molar-refractivity contribution in [1.29, 1.82) is 0 Å². The predicted octanol–water partition coefficient (Wildman–Crippen LogP) is 9.98. The normalized spacial score (nSPS) is 15.2. The lowest BCUT2D eigenvalue weighted by Crippen LogP contribution is -2.71. The van der Waals surface area contributed by atoms with E-state index < -0.39 is 53.4 Å². The van der Waals surface area contributed by atoms with Crippen molar-refractivity contribution in [1.82, 2.24) is 15.2 Å². The maximum Gasteiger partial charge on any atom is 0.347 e. The molecule has 0 bridgehead atoms. The van der Waals surface area contributed by atoms with E-state index in [-0.39, 0.29) is 42.0 Å². The number of nitrogens with one attached hydrogen (secondary N) is 2. The maximum absolute atomic E-state index is 14.8. The van der Waals surface area contributed by atoms with Crippen molar-refractivity contribution >= 4 is 86.6 Å². The lowest BCUT2D eigenvalue weighted by molar-refractivity contribution is -0.153. The van der Waals surface area contributed by atoms with Crippen molar-refractivity contribution in [3.05, 3.63) is 232 Å². The summed E-state index contributed by atoms with van der Waals surface area (Å²) >= 11 is 14.2. The molecule has 7 aromatic rings. The molecule has 76 heavy (non-hydrogen) atoms. The minimum atomic E-state index is -1.06. The van der Waals surface area contributed by atoms with Gasteiger partial charge in [0.05, 0.1) is 19.4 Å². The molecule has 2 atom stereocenters. The second-order valence-corrected chi connectivity index (χ2v) is 19.9. The number of anilines is 1. The van der Waals surface area contributed by atoms with Crippen molar-refractivity contribution in [3.8, 4) is 5.75 Å². The molecule has 6 aromatic carbocycles. The summed E-state index contributed by atoms with van der Waals surface area (Å²) in [6.07, 6.45) is -0.503. The summed E-state index contributed by atoms with van der Waals surface area (Å²) in [6.45, 7) is -0.568. The Labute approximate surface area is 458 Å². The highest BCUT2D eigenvalue weighted by molar-refractivity contribution is 8.00. The van der Waals surface area contributed by atoms with Crippen LogP contribution in [0, 0.1) is 0 Å². The first-order valence-electron chi connectivity index (χ1n) is 24.1. The molecule has 0 unspecified atom stereocenters. The molecular weight excluding hydrogens is 1040 g/mol. The molecule has 3 heterocycles. The zero-order valence-corrected chi connectivity index (χ0v) is 44.1. The summed E-state index contributed by atoms with van der Waals surface area (Å²) in [5.74, 6) is -1.86. The van der Waals surface area contributed by atoms with Gasteiger partial charge >= 0.3 is 11.9 Å². The van der Waals surface area contributed by atoms with Crippen LogP contribution >= 0.6 is 46.9 Å². The molecule has 2 aliphatic heterocycles. The van der Waals surface area contributed by atoms with Crippen LogP contribution in [0.25, 0.3) is 0 Å². The van der Waals surface area contributed by atoms with Gasteiger partial charge in [0.1, 0.15) is 40.9 Å². The molecule has 0 aliphatic carbocycles. The number of methoxy groups -OCH3 is 1. The molecule has 1 aromatic heterocycles. The van der Waals surface area contributed by atoms with Gasteiger partial charge in [0.2, 0.25) is 11.7 Å². The number of thiocarbonyl (C=S) groups is 1. The van der Waals surface area contributed by atoms with Crippen LogP contribution in [0.2, 0.25) is 0 Å². The zero-order valence-electron chi connectivity index (χ0n) is 40.9. The number of hydrogen-bond donors (Lipinski definition) is 2. The average molecular weight is 1090 g/mol. The molecule has 0 saturated carbocycles. The van der Waals surface area contributed by atoms with Crippen molar-refractivity contribution in [2.45, 2.75) is 36.1 Å². The van der Waals surface area contributed by atoms with Crippen molar-refractivity contribution in [2.24, 2.45) is 5.16 Å². The number of benzene rings is 6. The van der Waals surface area contributed by atoms with E-state index in [1.165, 1.54) is 28.0 Å². The van der Waals surface area contributed by atoms with Crippen LogP contribution in [0.1, 0.15) is 51.6 Å². The van der Waals surface area contributed by atoms with Crippen LogP contribution in [0.15, 0.2) is 198 Å². The fraction of sp³-hybridized carbons (Fsp3) is 0.190.